The first kappa shape index (κ1) is 19.7. The molecule has 0 fully saturated rings. The third kappa shape index (κ3) is 3.32. The summed E-state index contributed by atoms with van der Waals surface area (Å²) in [6.07, 6.45) is 0. The molecule has 4 rings (SSSR count). The van der Waals surface area contributed by atoms with Crippen molar-refractivity contribution in [3.8, 4) is 11.4 Å². The van der Waals surface area contributed by atoms with Gasteiger partial charge in [0, 0.05) is 0 Å². The quantitative estimate of drug-likeness (QED) is 0.508. The standard InChI is InChI=1S/C23H24N4O3/c1-13-10-11-17(29-5)16(12-13)27-20(24)18(22(28)30-23(2,3)4)19-21(27)26-15-9-7-6-8-14(15)25-19/h6-12H,24H2,1-5H3. The number of aryl methyl sites for hydroxylation is 1. The summed E-state index contributed by atoms with van der Waals surface area (Å²) in [5, 5.41) is 0. The number of aromatic nitrogens is 3. The molecule has 0 atom stereocenters. The summed E-state index contributed by atoms with van der Waals surface area (Å²) < 4.78 is 12.9. The number of nitrogen functional groups attached to an aromatic ring is 1. The molecule has 154 valence electrons. The Balaban J connectivity index is 2.10. The van der Waals surface area contributed by atoms with E-state index in [-0.39, 0.29) is 11.4 Å². The maximum absolute atomic E-state index is 13.1. The van der Waals surface area contributed by atoms with E-state index in [1.807, 2.05) is 70.2 Å². The number of fused-ring (bicyclic) bond motifs is 2. The number of carbonyl (C=O) groups excluding carboxylic acids is 1. The van der Waals surface area contributed by atoms with Crippen molar-refractivity contribution in [2.45, 2.75) is 33.3 Å². The van der Waals surface area contributed by atoms with Gasteiger partial charge >= 0.3 is 5.97 Å². The van der Waals surface area contributed by atoms with Gasteiger partial charge in [0.15, 0.2) is 5.65 Å². The smallest absolute Gasteiger partial charge is 0.344 e. The fourth-order valence-corrected chi connectivity index (χ4v) is 3.41. The molecular formula is C23H24N4O3. The van der Waals surface area contributed by atoms with Gasteiger partial charge in [-0.15, -0.1) is 0 Å². The lowest BCUT2D eigenvalue weighted by atomic mass is 10.2. The van der Waals surface area contributed by atoms with Crippen LogP contribution in [0.15, 0.2) is 42.5 Å². The van der Waals surface area contributed by atoms with Crippen LogP contribution in [0.3, 0.4) is 0 Å². The van der Waals surface area contributed by atoms with E-state index in [0.717, 1.165) is 5.56 Å². The van der Waals surface area contributed by atoms with Crippen molar-refractivity contribution in [3.63, 3.8) is 0 Å². The summed E-state index contributed by atoms with van der Waals surface area (Å²) >= 11 is 0. The molecule has 0 aliphatic rings. The van der Waals surface area contributed by atoms with Gasteiger partial charge in [-0.3, -0.25) is 4.57 Å². The van der Waals surface area contributed by atoms with Crippen LogP contribution in [-0.2, 0) is 4.74 Å². The van der Waals surface area contributed by atoms with Crippen molar-refractivity contribution in [2.75, 3.05) is 12.8 Å². The summed E-state index contributed by atoms with van der Waals surface area (Å²) in [6.45, 7) is 7.40. The number of hydrogen-bond acceptors (Lipinski definition) is 6. The Morgan fingerprint density at radius 3 is 2.37 bits per heavy atom. The first-order chi connectivity index (χ1) is 14.2. The van der Waals surface area contributed by atoms with E-state index in [4.69, 9.17) is 25.2 Å². The minimum Gasteiger partial charge on any atom is -0.495 e. The van der Waals surface area contributed by atoms with Crippen molar-refractivity contribution < 1.29 is 14.3 Å². The van der Waals surface area contributed by atoms with E-state index in [0.29, 0.717) is 33.6 Å². The van der Waals surface area contributed by atoms with Crippen LogP contribution in [0.4, 0.5) is 5.82 Å². The fourth-order valence-electron chi connectivity index (χ4n) is 3.41. The van der Waals surface area contributed by atoms with Crippen molar-refractivity contribution in [2.24, 2.45) is 0 Å². The number of nitrogens with zero attached hydrogens (tertiary/aromatic N) is 3. The van der Waals surface area contributed by atoms with Crippen LogP contribution in [0.1, 0.15) is 36.7 Å². The third-order valence-electron chi connectivity index (χ3n) is 4.68. The molecule has 2 aromatic heterocycles. The average molecular weight is 404 g/mol. The Morgan fingerprint density at radius 2 is 1.73 bits per heavy atom. The van der Waals surface area contributed by atoms with Crippen LogP contribution in [0, 0.1) is 6.92 Å². The van der Waals surface area contributed by atoms with Gasteiger partial charge < -0.3 is 15.2 Å². The molecule has 0 amide bonds. The Kier molecular flexibility index (Phi) is 4.61. The number of rotatable bonds is 3. The highest BCUT2D eigenvalue weighted by Crippen LogP contribution is 2.35. The molecule has 0 saturated carbocycles. The Morgan fingerprint density at radius 1 is 1.07 bits per heavy atom. The zero-order chi connectivity index (χ0) is 21.6. The normalized spacial score (nSPS) is 11.8. The molecule has 30 heavy (non-hydrogen) atoms. The number of carbonyl (C=O) groups is 1. The van der Waals surface area contributed by atoms with E-state index in [1.165, 1.54) is 0 Å². The molecule has 0 spiro atoms. The Hall–Kier alpha value is -3.61. The second-order valence-corrected chi connectivity index (χ2v) is 8.16. The Labute approximate surface area is 174 Å². The predicted molar refractivity (Wildman–Crippen MR) is 117 cm³/mol. The highest BCUT2D eigenvalue weighted by molar-refractivity contribution is 6.09. The van der Waals surface area contributed by atoms with Crippen molar-refractivity contribution >= 4 is 34.0 Å². The number of methoxy groups -OCH3 is 1. The van der Waals surface area contributed by atoms with Gasteiger partial charge in [-0.05, 0) is 57.5 Å². The van der Waals surface area contributed by atoms with E-state index >= 15 is 0 Å². The molecule has 7 heteroatoms. The largest absolute Gasteiger partial charge is 0.495 e. The molecule has 0 radical (unpaired) electrons. The summed E-state index contributed by atoms with van der Waals surface area (Å²) in [5.74, 6) is 0.272. The lowest BCUT2D eigenvalue weighted by Gasteiger charge is -2.19. The van der Waals surface area contributed by atoms with Crippen molar-refractivity contribution in [1.82, 2.24) is 14.5 Å². The number of benzene rings is 2. The molecule has 0 saturated heterocycles. The molecule has 0 aliphatic heterocycles. The van der Waals surface area contributed by atoms with Gasteiger partial charge in [-0.25, -0.2) is 14.8 Å². The van der Waals surface area contributed by atoms with E-state index in [1.54, 1.807) is 11.7 Å². The fraction of sp³-hybridized carbons (Fsp3) is 0.261. The van der Waals surface area contributed by atoms with Gasteiger partial charge in [0.25, 0.3) is 0 Å². The predicted octanol–water partition coefficient (Wildman–Crippen LogP) is 4.43. The van der Waals surface area contributed by atoms with Gasteiger partial charge in [0.1, 0.15) is 28.2 Å². The molecule has 2 aromatic carbocycles. The Bertz CT molecular complexity index is 1290. The molecule has 0 aliphatic carbocycles. The molecule has 2 N–H and O–H groups in total. The second kappa shape index (κ2) is 7.02. The van der Waals surface area contributed by atoms with Gasteiger partial charge in [-0.1, -0.05) is 18.2 Å². The van der Waals surface area contributed by atoms with Gasteiger partial charge in [0.2, 0.25) is 0 Å². The SMILES string of the molecule is COc1ccc(C)cc1-n1c(N)c(C(=O)OC(C)(C)C)c2nc3ccccc3nc21. The second-order valence-electron chi connectivity index (χ2n) is 8.16. The minimum atomic E-state index is -0.677. The minimum absolute atomic E-state index is 0.196. The van der Waals surface area contributed by atoms with Crippen LogP contribution in [-0.4, -0.2) is 33.2 Å². The van der Waals surface area contributed by atoms with E-state index < -0.39 is 11.6 Å². The van der Waals surface area contributed by atoms with Crippen LogP contribution in [0.25, 0.3) is 27.9 Å². The molecule has 2 heterocycles. The van der Waals surface area contributed by atoms with Crippen LogP contribution >= 0.6 is 0 Å². The molecule has 0 bridgehead atoms. The van der Waals surface area contributed by atoms with Crippen LogP contribution in [0.5, 0.6) is 5.75 Å². The average Bonchev–Trinajstić information content (AvgIpc) is 2.95. The van der Waals surface area contributed by atoms with Crippen LogP contribution < -0.4 is 10.5 Å². The van der Waals surface area contributed by atoms with E-state index in [9.17, 15) is 4.79 Å². The third-order valence-corrected chi connectivity index (χ3v) is 4.68. The zero-order valence-corrected chi connectivity index (χ0v) is 17.7. The van der Waals surface area contributed by atoms with Crippen molar-refractivity contribution in [3.05, 3.63) is 53.6 Å². The highest BCUT2D eigenvalue weighted by atomic mass is 16.6. The number of esters is 1. The highest BCUT2D eigenvalue weighted by Gasteiger charge is 2.29. The lowest BCUT2D eigenvalue weighted by Crippen LogP contribution is -2.24. The maximum atomic E-state index is 13.1. The molecule has 7 nitrogen and oxygen atoms in total. The molecular weight excluding hydrogens is 380 g/mol. The molecule has 0 unspecified atom stereocenters. The summed E-state index contributed by atoms with van der Waals surface area (Å²) in [6, 6.07) is 13.2. The van der Waals surface area contributed by atoms with Crippen molar-refractivity contribution in [1.29, 1.82) is 0 Å². The topological polar surface area (TPSA) is 92.3 Å². The number of nitrogens with two attached hydrogens (primary N) is 1. The monoisotopic (exact) mass is 404 g/mol. The summed E-state index contributed by atoms with van der Waals surface area (Å²) in [4.78, 5) is 22.6. The number of ether oxygens (including phenoxy) is 2. The summed E-state index contributed by atoms with van der Waals surface area (Å²) in [7, 11) is 1.59. The first-order valence-electron chi connectivity index (χ1n) is 9.64. The zero-order valence-electron chi connectivity index (χ0n) is 17.7. The summed E-state index contributed by atoms with van der Waals surface area (Å²) in [5.41, 5.74) is 9.97. The first-order valence-corrected chi connectivity index (χ1v) is 9.64. The number of hydrogen-bond donors (Lipinski definition) is 1. The van der Waals surface area contributed by atoms with Gasteiger partial charge in [-0.2, -0.15) is 0 Å². The maximum Gasteiger partial charge on any atom is 0.344 e. The van der Waals surface area contributed by atoms with Gasteiger partial charge in [0.05, 0.1) is 23.8 Å². The number of para-hydroxylation sites is 2. The van der Waals surface area contributed by atoms with E-state index in [2.05, 4.69) is 0 Å². The number of anilines is 1. The lowest BCUT2D eigenvalue weighted by molar-refractivity contribution is 0.00728. The van der Waals surface area contributed by atoms with Crippen LogP contribution in [0.2, 0.25) is 0 Å². The molecule has 4 aromatic rings.